The van der Waals surface area contributed by atoms with Crippen LogP contribution in [0.15, 0.2) is 53.0 Å². The van der Waals surface area contributed by atoms with Gasteiger partial charge in [0.05, 0.1) is 17.1 Å². The molecule has 4 heteroatoms. The van der Waals surface area contributed by atoms with Crippen LogP contribution in [0, 0.1) is 5.82 Å². The fourth-order valence-corrected chi connectivity index (χ4v) is 2.29. The molecule has 0 bridgehead atoms. The summed E-state index contributed by atoms with van der Waals surface area (Å²) in [6.07, 6.45) is 0. The Balaban J connectivity index is 2.02. The minimum absolute atomic E-state index is 0.0202. The third-order valence-electron chi connectivity index (χ3n) is 2.92. The summed E-state index contributed by atoms with van der Waals surface area (Å²) in [5.41, 5.74) is 1.99. The molecule has 0 aliphatic heterocycles. The zero-order valence-corrected chi connectivity index (χ0v) is 11.9. The summed E-state index contributed by atoms with van der Waals surface area (Å²) in [4.78, 5) is 0. The molecule has 0 aromatic heterocycles. The maximum Gasteiger partial charge on any atom is 0.137 e. The van der Waals surface area contributed by atoms with Crippen LogP contribution in [0.3, 0.4) is 0 Å². The highest BCUT2D eigenvalue weighted by molar-refractivity contribution is 9.10. The summed E-state index contributed by atoms with van der Waals surface area (Å²) in [5, 5.41) is 12.7. The molecule has 0 saturated heterocycles. The summed E-state index contributed by atoms with van der Waals surface area (Å²) in [7, 11) is 0. The molecule has 2 nitrogen and oxygen atoms in total. The van der Waals surface area contributed by atoms with Crippen LogP contribution >= 0.6 is 15.9 Å². The molecule has 0 amide bonds. The van der Waals surface area contributed by atoms with E-state index in [0.717, 1.165) is 11.1 Å². The molecule has 1 atom stereocenters. The lowest BCUT2D eigenvalue weighted by atomic mass is 10.1. The molecule has 0 spiro atoms. The summed E-state index contributed by atoms with van der Waals surface area (Å²) >= 11 is 3.16. The molecule has 100 valence electrons. The first-order chi connectivity index (χ1) is 9.20. The van der Waals surface area contributed by atoms with Gasteiger partial charge in [0.1, 0.15) is 5.82 Å². The van der Waals surface area contributed by atoms with E-state index in [2.05, 4.69) is 21.2 Å². The minimum atomic E-state index is -0.273. The van der Waals surface area contributed by atoms with Crippen LogP contribution in [0.2, 0.25) is 0 Å². The molecule has 2 aromatic rings. The maximum atomic E-state index is 13.1. The highest BCUT2D eigenvalue weighted by Gasteiger charge is 2.09. The Labute approximate surface area is 120 Å². The fourth-order valence-electron chi connectivity index (χ4n) is 1.86. The number of benzene rings is 2. The van der Waals surface area contributed by atoms with Crippen LogP contribution in [-0.4, -0.2) is 11.7 Å². The second kappa shape index (κ2) is 6.80. The number of halogens is 2. The van der Waals surface area contributed by atoms with E-state index in [0.29, 0.717) is 11.0 Å². The summed E-state index contributed by atoms with van der Waals surface area (Å²) in [6.45, 7) is 0.589. The summed E-state index contributed by atoms with van der Waals surface area (Å²) < 4.78 is 13.6. The molecule has 2 N–H and O–H groups in total. The van der Waals surface area contributed by atoms with Gasteiger partial charge in [-0.25, -0.2) is 4.39 Å². The second-order valence-electron chi connectivity index (χ2n) is 4.28. The SMILES string of the molecule is OC[C@H](NCc1ccc(F)c(Br)c1)c1ccccc1. The number of rotatable bonds is 5. The fraction of sp³-hybridized carbons (Fsp3) is 0.200. The molecule has 0 heterocycles. The molecule has 2 rings (SSSR count). The zero-order chi connectivity index (χ0) is 13.7. The van der Waals surface area contributed by atoms with Crippen molar-refractivity contribution < 1.29 is 9.50 Å². The predicted molar refractivity (Wildman–Crippen MR) is 77.2 cm³/mol. The first-order valence-corrected chi connectivity index (χ1v) is 6.83. The van der Waals surface area contributed by atoms with E-state index in [1.54, 1.807) is 12.1 Å². The molecule has 2 aromatic carbocycles. The Morgan fingerprint density at radius 3 is 2.53 bits per heavy atom. The number of aliphatic hydroxyl groups excluding tert-OH is 1. The quantitative estimate of drug-likeness (QED) is 0.883. The van der Waals surface area contributed by atoms with Crippen molar-refractivity contribution in [3.8, 4) is 0 Å². The molecule has 19 heavy (non-hydrogen) atoms. The Morgan fingerprint density at radius 2 is 1.89 bits per heavy atom. The topological polar surface area (TPSA) is 32.3 Å². The normalized spacial score (nSPS) is 12.4. The number of hydrogen-bond donors (Lipinski definition) is 2. The number of hydrogen-bond acceptors (Lipinski definition) is 2. The smallest absolute Gasteiger partial charge is 0.137 e. The van der Waals surface area contributed by atoms with Gasteiger partial charge in [0, 0.05) is 6.54 Å². The standard InChI is InChI=1S/C15H15BrFNO/c16-13-8-11(6-7-14(13)17)9-18-15(10-19)12-4-2-1-3-5-12/h1-8,15,18-19H,9-10H2/t15-/m0/s1. The van der Waals surface area contributed by atoms with Gasteiger partial charge < -0.3 is 10.4 Å². The molecule has 0 unspecified atom stereocenters. The van der Waals surface area contributed by atoms with Crippen molar-refractivity contribution in [3.63, 3.8) is 0 Å². The second-order valence-corrected chi connectivity index (χ2v) is 5.13. The predicted octanol–water partition coefficient (Wildman–Crippen LogP) is 3.41. The van der Waals surface area contributed by atoms with Crippen LogP contribution in [0.25, 0.3) is 0 Å². The lowest BCUT2D eigenvalue weighted by Crippen LogP contribution is -2.23. The average molecular weight is 324 g/mol. The lowest BCUT2D eigenvalue weighted by Gasteiger charge is -2.16. The van der Waals surface area contributed by atoms with E-state index in [9.17, 15) is 9.50 Å². The molecular weight excluding hydrogens is 309 g/mol. The van der Waals surface area contributed by atoms with E-state index >= 15 is 0 Å². The highest BCUT2D eigenvalue weighted by Crippen LogP contribution is 2.18. The summed E-state index contributed by atoms with van der Waals surface area (Å²) in [5.74, 6) is -0.273. The van der Waals surface area contributed by atoms with Crippen molar-refractivity contribution in [3.05, 3.63) is 69.9 Å². The molecule has 0 radical (unpaired) electrons. The maximum absolute atomic E-state index is 13.1. The van der Waals surface area contributed by atoms with Crippen molar-refractivity contribution in [2.75, 3.05) is 6.61 Å². The van der Waals surface area contributed by atoms with Crippen molar-refractivity contribution in [2.45, 2.75) is 12.6 Å². The van der Waals surface area contributed by atoms with Gasteiger partial charge >= 0.3 is 0 Å². The van der Waals surface area contributed by atoms with E-state index in [-0.39, 0.29) is 18.5 Å². The van der Waals surface area contributed by atoms with Crippen molar-refractivity contribution >= 4 is 15.9 Å². The molecule has 0 aliphatic carbocycles. The van der Waals surface area contributed by atoms with Crippen LogP contribution in [0.5, 0.6) is 0 Å². The van der Waals surface area contributed by atoms with E-state index in [4.69, 9.17) is 0 Å². The van der Waals surface area contributed by atoms with Gasteiger partial charge in [-0.15, -0.1) is 0 Å². The summed E-state index contributed by atoms with van der Waals surface area (Å²) in [6, 6.07) is 14.5. The van der Waals surface area contributed by atoms with E-state index in [1.165, 1.54) is 6.07 Å². The van der Waals surface area contributed by atoms with Crippen molar-refractivity contribution in [1.29, 1.82) is 0 Å². The molecule has 0 saturated carbocycles. The first kappa shape index (κ1) is 14.2. The first-order valence-electron chi connectivity index (χ1n) is 6.04. The van der Waals surface area contributed by atoms with Crippen molar-refractivity contribution in [2.24, 2.45) is 0 Å². The van der Waals surface area contributed by atoms with Crippen LogP contribution in [0.4, 0.5) is 4.39 Å². The van der Waals surface area contributed by atoms with E-state index < -0.39 is 0 Å². The minimum Gasteiger partial charge on any atom is -0.394 e. The Bertz CT molecular complexity index is 533. The molecule has 0 aliphatic rings. The monoisotopic (exact) mass is 323 g/mol. The van der Waals surface area contributed by atoms with Crippen LogP contribution < -0.4 is 5.32 Å². The Hall–Kier alpha value is -1.23. The lowest BCUT2D eigenvalue weighted by molar-refractivity contribution is 0.243. The van der Waals surface area contributed by atoms with Gasteiger partial charge in [0.15, 0.2) is 0 Å². The van der Waals surface area contributed by atoms with Crippen LogP contribution in [0.1, 0.15) is 17.2 Å². The van der Waals surface area contributed by atoms with Gasteiger partial charge in [0.2, 0.25) is 0 Å². The number of nitrogens with one attached hydrogen (secondary N) is 1. The van der Waals surface area contributed by atoms with Crippen LogP contribution in [-0.2, 0) is 6.54 Å². The average Bonchev–Trinajstić information content (AvgIpc) is 2.44. The Kier molecular flexibility index (Phi) is 5.07. The largest absolute Gasteiger partial charge is 0.394 e. The zero-order valence-electron chi connectivity index (χ0n) is 10.3. The number of aliphatic hydroxyl groups is 1. The third kappa shape index (κ3) is 3.86. The Morgan fingerprint density at radius 1 is 1.16 bits per heavy atom. The third-order valence-corrected chi connectivity index (χ3v) is 3.53. The van der Waals surface area contributed by atoms with Gasteiger partial charge in [-0.3, -0.25) is 0 Å². The van der Waals surface area contributed by atoms with Gasteiger partial charge in [-0.2, -0.15) is 0 Å². The van der Waals surface area contributed by atoms with Gasteiger partial charge in [0.25, 0.3) is 0 Å². The van der Waals surface area contributed by atoms with E-state index in [1.807, 2.05) is 30.3 Å². The molecule has 0 fully saturated rings. The highest BCUT2D eigenvalue weighted by atomic mass is 79.9. The van der Waals surface area contributed by atoms with Gasteiger partial charge in [-0.05, 0) is 39.2 Å². The molecular formula is C15H15BrFNO. The van der Waals surface area contributed by atoms with Gasteiger partial charge in [-0.1, -0.05) is 36.4 Å². The van der Waals surface area contributed by atoms with Crippen molar-refractivity contribution in [1.82, 2.24) is 5.32 Å².